The smallest absolute Gasteiger partial charge is 0.147 e. The number of rotatable bonds is 4. The Hall–Kier alpha value is -1.96. The first-order valence-electron chi connectivity index (χ1n) is 13.0. The van der Waals surface area contributed by atoms with Crippen molar-refractivity contribution in [3.8, 4) is 22.3 Å². The second-order valence-electron chi connectivity index (χ2n) is 11.9. The van der Waals surface area contributed by atoms with Gasteiger partial charge in [0.2, 0.25) is 0 Å². The maximum atomic E-state index is 2.72. The number of hydrogen-bond acceptors (Lipinski definition) is 0. The summed E-state index contributed by atoms with van der Waals surface area (Å²) in [5, 5.41) is 0. The van der Waals surface area contributed by atoms with Gasteiger partial charge in [0.25, 0.3) is 0 Å². The number of fused-ring (bicyclic) bond motifs is 2. The minimum absolute atomic E-state index is 0. The first-order chi connectivity index (χ1) is 17.2. The zero-order valence-electron chi connectivity index (χ0n) is 22.6. The Labute approximate surface area is 242 Å². The van der Waals surface area contributed by atoms with E-state index in [9.17, 15) is 0 Å². The van der Waals surface area contributed by atoms with Crippen molar-refractivity contribution >= 4 is 43.8 Å². The van der Waals surface area contributed by atoms with Crippen LogP contribution in [-0.4, -0.2) is 6.88 Å². The Morgan fingerprint density at radius 2 is 0.895 bits per heavy atom. The van der Waals surface area contributed by atoms with Gasteiger partial charge >= 0.3 is 220 Å². The van der Waals surface area contributed by atoms with Crippen molar-refractivity contribution in [1.82, 2.24) is 0 Å². The van der Waals surface area contributed by atoms with Gasteiger partial charge < -0.3 is 0 Å². The summed E-state index contributed by atoms with van der Waals surface area (Å²) in [4.78, 5) is 0. The Kier molecular flexibility index (Phi) is 8.06. The van der Waals surface area contributed by atoms with Crippen LogP contribution < -0.4 is 0 Å². The van der Waals surface area contributed by atoms with E-state index >= 15 is 0 Å². The molecule has 6 rings (SSSR count). The minimum Gasteiger partial charge on any atom is -0.147 e. The predicted octanol–water partition coefficient (Wildman–Crippen LogP) is 9.81. The SMILES string of the molecule is CC1=Cc2c(-c3ccccc3)cccc2[CH]1[Zr]([CH3])([CH3])(=[SiH2])[C@@H]1C(C)=Cc2c(-c3ccccc3)cccc21.Cl.Cl. The second-order valence-corrected chi connectivity index (χ2v) is 42.4. The summed E-state index contributed by atoms with van der Waals surface area (Å²) in [5.74, 6) is 0. The van der Waals surface area contributed by atoms with Gasteiger partial charge in [-0.2, -0.15) is 0 Å². The largest absolute Gasteiger partial charge is 0.147 e. The molecule has 0 bridgehead atoms. The van der Waals surface area contributed by atoms with Crippen LogP contribution in [0.15, 0.2) is 108 Å². The van der Waals surface area contributed by atoms with E-state index in [-0.39, 0.29) is 24.8 Å². The van der Waals surface area contributed by atoms with E-state index in [1.54, 1.807) is 22.3 Å². The van der Waals surface area contributed by atoms with Crippen molar-refractivity contribution < 1.29 is 17.4 Å². The molecule has 0 fully saturated rings. The third-order valence-corrected chi connectivity index (χ3v) is 26.5. The molecule has 4 heteroatoms. The normalized spacial score (nSPS) is 17.9. The van der Waals surface area contributed by atoms with Crippen LogP contribution >= 0.6 is 24.8 Å². The Morgan fingerprint density at radius 3 is 1.26 bits per heavy atom. The molecule has 0 saturated heterocycles. The zero-order chi connectivity index (χ0) is 25.1. The number of allylic oxidation sites excluding steroid dienone is 2. The van der Waals surface area contributed by atoms with Crippen LogP contribution in [0.4, 0.5) is 0 Å². The van der Waals surface area contributed by atoms with Crippen LogP contribution in [0.5, 0.6) is 0 Å². The molecule has 0 heterocycles. The summed E-state index contributed by atoms with van der Waals surface area (Å²) in [6.45, 7) is 7.20. The van der Waals surface area contributed by atoms with E-state index in [1.165, 1.54) is 33.4 Å². The van der Waals surface area contributed by atoms with Crippen LogP contribution in [-0.2, 0) is 17.4 Å². The van der Waals surface area contributed by atoms with E-state index in [0.717, 1.165) is 0 Å². The zero-order valence-corrected chi connectivity index (χ0v) is 28.1. The third-order valence-electron chi connectivity index (χ3n) is 8.62. The van der Waals surface area contributed by atoms with Crippen molar-refractivity contribution in [3.05, 3.63) is 130 Å². The predicted molar refractivity (Wildman–Crippen MR) is 171 cm³/mol. The van der Waals surface area contributed by atoms with Crippen molar-refractivity contribution in [2.24, 2.45) is 0 Å². The van der Waals surface area contributed by atoms with E-state index < -0.39 is 17.4 Å². The molecular weight excluding hydrogens is 599 g/mol. The summed E-state index contributed by atoms with van der Waals surface area (Å²) in [7, 11) is 0. The van der Waals surface area contributed by atoms with E-state index in [2.05, 4.69) is 139 Å². The molecule has 0 saturated carbocycles. The van der Waals surface area contributed by atoms with Crippen LogP contribution in [0.2, 0.25) is 9.26 Å². The molecule has 0 amide bonds. The van der Waals surface area contributed by atoms with Gasteiger partial charge in [0.1, 0.15) is 0 Å². The molecule has 0 aromatic heterocycles. The van der Waals surface area contributed by atoms with Gasteiger partial charge in [0, 0.05) is 0 Å². The third kappa shape index (κ3) is 4.58. The van der Waals surface area contributed by atoms with Crippen molar-refractivity contribution in [3.63, 3.8) is 0 Å². The van der Waals surface area contributed by atoms with Crippen LogP contribution in [0, 0.1) is 0 Å². The van der Waals surface area contributed by atoms with Gasteiger partial charge in [0.15, 0.2) is 0 Å². The maximum absolute atomic E-state index is 3.48. The average molecular weight is 635 g/mol. The fourth-order valence-corrected chi connectivity index (χ4v) is 28.8. The van der Waals surface area contributed by atoms with Crippen LogP contribution in [0.1, 0.15) is 43.4 Å². The standard InChI is InChI=1S/2C16H13.2CH3.2ClH.H2Si.Zr/c2*1-12-10-14-8-5-9-15(16(14)11-12)13-6-3-2-4-7-13;;;;;;/h2*2-11H,1H3;2*1H3;2*1H;1H2;. The molecule has 2 aliphatic rings. The minimum atomic E-state index is -3.48. The summed E-state index contributed by atoms with van der Waals surface area (Å²) < 4.78 is 6.53. The molecule has 0 aliphatic heterocycles. The van der Waals surface area contributed by atoms with Gasteiger partial charge in [-0.1, -0.05) is 0 Å². The van der Waals surface area contributed by atoms with Crippen LogP contribution in [0.3, 0.4) is 0 Å². The molecule has 2 aliphatic carbocycles. The second kappa shape index (κ2) is 10.5. The van der Waals surface area contributed by atoms with Gasteiger partial charge in [-0.3, -0.25) is 0 Å². The fraction of sp³-hybridized carbons (Fsp3) is 0.176. The number of halogens is 2. The van der Waals surface area contributed by atoms with Crippen LogP contribution in [0.25, 0.3) is 34.4 Å². The first-order valence-corrected chi connectivity index (χ1v) is 26.7. The first kappa shape index (κ1) is 29.0. The molecule has 0 nitrogen and oxygen atoms in total. The monoisotopic (exact) mass is 632 g/mol. The molecule has 194 valence electrons. The molecule has 4 aromatic rings. The summed E-state index contributed by atoms with van der Waals surface area (Å²) >= 11 is -3.48. The number of benzene rings is 4. The molecule has 0 spiro atoms. The van der Waals surface area contributed by atoms with E-state index in [1.807, 2.05) is 0 Å². The van der Waals surface area contributed by atoms with E-state index in [4.69, 9.17) is 0 Å². The topological polar surface area (TPSA) is 0 Å². The van der Waals surface area contributed by atoms with Gasteiger partial charge in [-0.25, -0.2) is 0 Å². The summed E-state index contributed by atoms with van der Waals surface area (Å²) in [5.41, 5.74) is 14.5. The molecule has 1 unspecified atom stereocenters. The number of hydrogen-bond donors (Lipinski definition) is 0. The van der Waals surface area contributed by atoms with E-state index in [0.29, 0.717) is 7.25 Å². The Morgan fingerprint density at radius 1 is 0.526 bits per heavy atom. The molecule has 38 heavy (non-hydrogen) atoms. The average Bonchev–Trinajstić information content (AvgIpc) is 3.41. The summed E-state index contributed by atoms with van der Waals surface area (Å²) in [6, 6.07) is 35.8. The van der Waals surface area contributed by atoms with Crippen molar-refractivity contribution in [2.45, 2.75) is 30.4 Å². The Balaban J connectivity index is 0.00000168. The van der Waals surface area contributed by atoms with Gasteiger partial charge in [0.05, 0.1) is 0 Å². The molecule has 0 radical (unpaired) electrons. The molecule has 2 atom stereocenters. The van der Waals surface area contributed by atoms with Gasteiger partial charge in [-0.15, -0.1) is 24.8 Å². The molecule has 0 N–H and O–H groups in total. The maximum Gasteiger partial charge on any atom is -0.147 e. The van der Waals surface area contributed by atoms with Gasteiger partial charge in [-0.05, 0) is 0 Å². The summed E-state index contributed by atoms with van der Waals surface area (Å²) in [6.07, 6.45) is 5.01. The quantitative estimate of drug-likeness (QED) is 0.196. The van der Waals surface area contributed by atoms with Crippen molar-refractivity contribution in [1.29, 1.82) is 0 Å². The van der Waals surface area contributed by atoms with Crippen molar-refractivity contribution in [2.75, 3.05) is 0 Å². The molecule has 4 aromatic carbocycles. The molecular formula is C34H36Cl2SiZr. The fourth-order valence-electron chi connectivity index (χ4n) is 7.53. The Bertz CT molecular complexity index is 1510.